The Balaban J connectivity index is 1.47. The maximum absolute atomic E-state index is 5.42. The average Bonchev–Trinajstić information content (AvgIpc) is 2.84. The van der Waals surface area contributed by atoms with E-state index in [9.17, 15) is 0 Å². The highest BCUT2D eigenvalue weighted by Crippen LogP contribution is 2.40. The Labute approximate surface area is 187 Å². The lowest BCUT2D eigenvalue weighted by molar-refractivity contribution is 0.122. The number of rotatable bonds is 8. The van der Waals surface area contributed by atoms with E-state index in [0.717, 1.165) is 37.7 Å². The fourth-order valence-electron chi connectivity index (χ4n) is 3.50. The Morgan fingerprint density at radius 2 is 1.53 bits per heavy atom. The van der Waals surface area contributed by atoms with E-state index in [2.05, 4.69) is 37.6 Å². The van der Waals surface area contributed by atoms with Gasteiger partial charge < -0.3 is 34.5 Å². The third-order valence-corrected chi connectivity index (χ3v) is 5.09. The molecular weight excluding hydrogens is 410 g/mol. The van der Waals surface area contributed by atoms with Crippen molar-refractivity contribution in [2.24, 2.45) is 0 Å². The van der Waals surface area contributed by atoms with Crippen molar-refractivity contribution in [1.29, 1.82) is 0 Å². The summed E-state index contributed by atoms with van der Waals surface area (Å²) in [6.07, 6.45) is 1.69. The molecule has 0 aliphatic carbocycles. The molecule has 32 heavy (non-hydrogen) atoms. The van der Waals surface area contributed by atoms with E-state index in [0.29, 0.717) is 29.0 Å². The normalized spacial score (nSPS) is 13.4. The van der Waals surface area contributed by atoms with Gasteiger partial charge in [-0.2, -0.15) is 4.98 Å². The van der Waals surface area contributed by atoms with E-state index in [1.807, 2.05) is 24.3 Å². The van der Waals surface area contributed by atoms with Crippen molar-refractivity contribution in [3.8, 4) is 17.2 Å². The van der Waals surface area contributed by atoms with Crippen LogP contribution < -0.4 is 29.7 Å². The summed E-state index contributed by atoms with van der Waals surface area (Å²) in [5.41, 5.74) is 2.84. The summed E-state index contributed by atoms with van der Waals surface area (Å²) in [4.78, 5) is 11.2. The molecule has 0 radical (unpaired) electrons. The highest BCUT2D eigenvalue weighted by Gasteiger charge is 2.14. The van der Waals surface area contributed by atoms with Crippen molar-refractivity contribution in [2.45, 2.75) is 0 Å². The van der Waals surface area contributed by atoms with Crippen LogP contribution in [-0.4, -0.2) is 57.6 Å². The first kappa shape index (κ1) is 21.5. The van der Waals surface area contributed by atoms with Gasteiger partial charge in [-0.3, -0.25) is 0 Å². The Hall–Kier alpha value is -3.72. The molecule has 2 N–H and O–H groups in total. The summed E-state index contributed by atoms with van der Waals surface area (Å²) in [6.45, 7) is 3.34. The summed E-state index contributed by atoms with van der Waals surface area (Å²) >= 11 is 0. The topological polar surface area (TPSA) is 90.0 Å². The van der Waals surface area contributed by atoms with Gasteiger partial charge in [-0.05, 0) is 30.3 Å². The molecule has 2 heterocycles. The molecule has 4 rings (SSSR count). The summed E-state index contributed by atoms with van der Waals surface area (Å²) in [5, 5.41) is 6.51. The number of benzene rings is 2. The molecule has 168 valence electrons. The van der Waals surface area contributed by atoms with Crippen molar-refractivity contribution < 1.29 is 18.9 Å². The first-order valence-corrected chi connectivity index (χ1v) is 10.3. The van der Waals surface area contributed by atoms with E-state index in [1.165, 1.54) is 5.69 Å². The predicted octanol–water partition coefficient (Wildman–Crippen LogP) is 3.83. The Morgan fingerprint density at radius 1 is 0.844 bits per heavy atom. The lowest BCUT2D eigenvalue weighted by Gasteiger charge is -2.28. The van der Waals surface area contributed by atoms with Gasteiger partial charge in [-0.25, -0.2) is 4.98 Å². The minimum Gasteiger partial charge on any atom is -0.493 e. The fourth-order valence-corrected chi connectivity index (χ4v) is 3.50. The van der Waals surface area contributed by atoms with Crippen LogP contribution in [0.5, 0.6) is 17.2 Å². The number of morpholine rings is 1. The van der Waals surface area contributed by atoms with Gasteiger partial charge in [0.2, 0.25) is 11.7 Å². The lowest BCUT2D eigenvalue weighted by atomic mass is 10.2. The number of anilines is 5. The maximum Gasteiger partial charge on any atom is 0.229 e. The minimum absolute atomic E-state index is 0.488. The van der Waals surface area contributed by atoms with Gasteiger partial charge in [0, 0.05) is 48.5 Å². The van der Waals surface area contributed by atoms with Gasteiger partial charge in [0.05, 0.1) is 34.5 Å². The number of methoxy groups -OCH3 is 3. The highest BCUT2D eigenvalue weighted by molar-refractivity contribution is 5.67. The number of hydrogen-bond donors (Lipinski definition) is 2. The zero-order chi connectivity index (χ0) is 22.3. The number of nitrogens with one attached hydrogen (secondary N) is 2. The van der Waals surface area contributed by atoms with Crippen molar-refractivity contribution in [1.82, 2.24) is 9.97 Å². The van der Waals surface area contributed by atoms with Crippen LogP contribution in [0.15, 0.2) is 48.7 Å². The van der Waals surface area contributed by atoms with Crippen LogP contribution in [0.2, 0.25) is 0 Å². The number of aromatic nitrogens is 2. The van der Waals surface area contributed by atoms with Gasteiger partial charge in [0.1, 0.15) is 5.82 Å². The van der Waals surface area contributed by atoms with Gasteiger partial charge >= 0.3 is 0 Å². The van der Waals surface area contributed by atoms with Gasteiger partial charge in [-0.15, -0.1) is 0 Å². The molecule has 0 unspecified atom stereocenters. The predicted molar refractivity (Wildman–Crippen MR) is 124 cm³/mol. The third-order valence-electron chi connectivity index (χ3n) is 5.09. The van der Waals surface area contributed by atoms with Crippen LogP contribution in [0, 0.1) is 0 Å². The second-order valence-electron chi connectivity index (χ2n) is 7.08. The molecule has 3 aromatic rings. The van der Waals surface area contributed by atoms with Crippen LogP contribution in [0.4, 0.5) is 28.8 Å². The summed E-state index contributed by atoms with van der Waals surface area (Å²) in [5.74, 6) is 2.76. The quantitative estimate of drug-likeness (QED) is 0.546. The molecule has 0 amide bonds. The summed E-state index contributed by atoms with van der Waals surface area (Å²) in [6, 6.07) is 13.6. The number of hydrogen-bond acceptors (Lipinski definition) is 9. The molecule has 0 saturated carbocycles. The van der Waals surface area contributed by atoms with E-state index in [1.54, 1.807) is 33.6 Å². The first-order chi connectivity index (χ1) is 15.7. The van der Waals surface area contributed by atoms with Crippen molar-refractivity contribution >= 4 is 28.8 Å². The molecule has 1 saturated heterocycles. The molecule has 1 aromatic heterocycles. The van der Waals surface area contributed by atoms with E-state index in [4.69, 9.17) is 18.9 Å². The molecule has 1 aliphatic heterocycles. The summed E-state index contributed by atoms with van der Waals surface area (Å²) < 4.78 is 21.6. The smallest absolute Gasteiger partial charge is 0.229 e. The molecule has 1 fully saturated rings. The van der Waals surface area contributed by atoms with E-state index in [-0.39, 0.29) is 0 Å². The van der Waals surface area contributed by atoms with Gasteiger partial charge in [0.25, 0.3) is 0 Å². The monoisotopic (exact) mass is 437 g/mol. The summed E-state index contributed by atoms with van der Waals surface area (Å²) in [7, 11) is 4.74. The largest absolute Gasteiger partial charge is 0.493 e. The molecule has 9 heteroatoms. The van der Waals surface area contributed by atoms with Gasteiger partial charge in [-0.1, -0.05) is 0 Å². The van der Waals surface area contributed by atoms with E-state index < -0.39 is 0 Å². The molecular formula is C23H27N5O4. The molecule has 0 bridgehead atoms. The van der Waals surface area contributed by atoms with Crippen molar-refractivity contribution in [2.75, 3.05) is 63.2 Å². The number of nitrogens with zero attached hydrogens (tertiary/aromatic N) is 3. The molecule has 2 aromatic carbocycles. The van der Waals surface area contributed by atoms with Gasteiger partial charge in [0.15, 0.2) is 11.5 Å². The molecule has 9 nitrogen and oxygen atoms in total. The second kappa shape index (κ2) is 10.1. The third kappa shape index (κ3) is 4.94. The average molecular weight is 438 g/mol. The van der Waals surface area contributed by atoms with Crippen LogP contribution in [0.1, 0.15) is 0 Å². The van der Waals surface area contributed by atoms with Crippen LogP contribution in [0.3, 0.4) is 0 Å². The Kier molecular flexibility index (Phi) is 6.76. The minimum atomic E-state index is 0.488. The first-order valence-electron chi connectivity index (χ1n) is 10.3. The van der Waals surface area contributed by atoms with Crippen LogP contribution >= 0.6 is 0 Å². The molecule has 1 aliphatic rings. The van der Waals surface area contributed by atoms with Crippen molar-refractivity contribution in [3.05, 3.63) is 48.7 Å². The van der Waals surface area contributed by atoms with Crippen LogP contribution in [0.25, 0.3) is 0 Å². The Morgan fingerprint density at radius 3 is 2.16 bits per heavy atom. The molecule has 0 atom stereocenters. The lowest BCUT2D eigenvalue weighted by Crippen LogP contribution is -2.36. The molecule has 0 spiro atoms. The zero-order valence-corrected chi connectivity index (χ0v) is 18.4. The highest BCUT2D eigenvalue weighted by atomic mass is 16.5. The van der Waals surface area contributed by atoms with E-state index >= 15 is 0 Å². The van der Waals surface area contributed by atoms with Crippen molar-refractivity contribution in [3.63, 3.8) is 0 Å². The zero-order valence-electron chi connectivity index (χ0n) is 18.4. The number of ether oxygens (including phenoxy) is 4. The second-order valence-corrected chi connectivity index (χ2v) is 7.08. The Bertz CT molecular complexity index is 1010. The van der Waals surface area contributed by atoms with Crippen LogP contribution in [-0.2, 0) is 4.74 Å². The fraction of sp³-hybridized carbons (Fsp3) is 0.304. The SMILES string of the molecule is COc1cc(Nc2ccnc(Nc3ccc(N4CCOCC4)cc3)n2)cc(OC)c1OC. The maximum atomic E-state index is 5.42. The standard InChI is InChI=1S/C23H27N5O4/c1-29-19-14-17(15-20(30-2)22(19)31-3)25-21-8-9-24-23(27-21)26-16-4-6-18(7-5-16)28-10-12-32-13-11-28/h4-9,14-15H,10-13H2,1-3H3,(H2,24,25,26,27).